The molecule has 2 aliphatic rings. The summed E-state index contributed by atoms with van der Waals surface area (Å²) in [6.45, 7) is 4.28. The third-order valence-electron chi connectivity index (χ3n) is 5.29. The SMILES string of the molecule is CN1c2ccccc2C(C)(C)[C@]12C=Cc1ccc([N+](=O)[O-])cc1O2. The van der Waals surface area contributed by atoms with Gasteiger partial charge in [-0.25, -0.2) is 0 Å². The summed E-state index contributed by atoms with van der Waals surface area (Å²) in [4.78, 5) is 12.8. The molecule has 0 N–H and O–H groups in total. The highest BCUT2D eigenvalue weighted by Gasteiger charge is 2.57. The van der Waals surface area contributed by atoms with Crippen LogP contribution in [0.2, 0.25) is 0 Å². The Morgan fingerprint density at radius 1 is 1.17 bits per heavy atom. The number of benzene rings is 2. The van der Waals surface area contributed by atoms with Gasteiger partial charge in [-0.3, -0.25) is 10.1 Å². The van der Waals surface area contributed by atoms with Crippen molar-refractivity contribution in [3.05, 3.63) is 69.8 Å². The topological polar surface area (TPSA) is 55.6 Å². The summed E-state index contributed by atoms with van der Waals surface area (Å²) in [6.07, 6.45) is 4.05. The van der Waals surface area contributed by atoms with E-state index in [9.17, 15) is 10.1 Å². The van der Waals surface area contributed by atoms with Crippen LogP contribution >= 0.6 is 0 Å². The molecule has 0 aromatic heterocycles. The van der Waals surface area contributed by atoms with Crippen LogP contribution in [-0.4, -0.2) is 17.7 Å². The van der Waals surface area contributed by atoms with Crippen molar-refractivity contribution in [2.75, 3.05) is 11.9 Å². The Balaban J connectivity index is 1.87. The Labute approximate surface area is 140 Å². The molecule has 0 unspecified atom stereocenters. The van der Waals surface area contributed by atoms with Gasteiger partial charge in [-0.15, -0.1) is 0 Å². The largest absolute Gasteiger partial charge is 0.463 e. The zero-order valence-corrected chi connectivity index (χ0v) is 13.8. The normalized spacial score (nSPS) is 22.9. The van der Waals surface area contributed by atoms with Gasteiger partial charge in [0.1, 0.15) is 5.75 Å². The molecule has 2 aromatic rings. The number of likely N-dealkylation sites (N-methyl/N-ethyl adjacent to an activating group) is 1. The van der Waals surface area contributed by atoms with Gasteiger partial charge in [-0.05, 0) is 43.7 Å². The number of rotatable bonds is 1. The van der Waals surface area contributed by atoms with Crippen molar-refractivity contribution in [3.63, 3.8) is 0 Å². The van der Waals surface area contributed by atoms with E-state index in [0.29, 0.717) is 5.75 Å². The first kappa shape index (κ1) is 14.8. The second-order valence-electron chi connectivity index (χ2n) is 6.81. The van der Waals surface area contributed by atoms with Gasteiger partial charge in [0.05, 0.1) is 16.4 Å². The molecule has 0 radical (unpaired) electrons. The van der Waals surface area contributed by atoms with Gasteiger partial charge in [0, 0.05) is 24.4 Å². The van der Waals surface area contributed by atoms with E-state index in [1.165, 1.54) is 17.7 Å². The first-order valence-electron chi connectivity index (χ1n) is 7.87. The molecule has 0 amide bonds. The maximum absolute atomic E-state index is 11.1. The van der Waals surface area contributed by atoms with Crippen molar-refractivity contribution in [2.45, 2.75) is 25.0 Å². The van der Waals surface area contributed by atoms with Gasteiger partial charge in [0.25, 0.3) is 5.69 Å². The number of ether oxygens (including phenoxy) is 1. The maximum Gasteiger partial charge on any atom is 0.273 e. The van der Waals surface area contributed by atoms with E-state index >= 15 is 0 Å². The minimum Gasteiger partial charge on any atom is -0.463 e. The number of hydrogen-bond acceptors (Lipinski definition) is 4. The van der Waals surface area contributed by atoms with Crippen molar-refractivity contribution in [1.82, 2.24) is 0 Å². The van der Waals surface area contributed by atoms with Crippen LogP contribution < -0.4 is 9.64 Å². The number of hydrogen-bond donors (Lipinski definition) is 0. The minimum atomic E-state index is -0.709. The molecule has 5 nitrogen and oxygen atoms in total. The Bertz CT molecular complexity index is 888. The molecule has 1 spiro atoms. The third-order valence-corrected chi connectivity index (χ3v) is 5.29. The molecule has 0 bridgehead atoms. The van der Waals surface area contributed by atoms with Gasteiger partial charge < -0.3 is 9.64 Å². The molecule has 2 heterocycles. The fourth-order valence-electron chi connectivity index (χ4n) is 3.87. The second kappa shape index (κ2) is 4.60. The number of nitro benzene ring substituents is 1. The molecule has 0 saturated heterocycles. The molecule has 4 rings (SSSR count). The monoisotopic (exact) mass is 322 g/mol. The summed E-state index contributed by atoms with van der Waals surface area (Å²) >= 11 is 0. The van der Waals surface area contributed by atoms with Crippen LogP contribution in [0.5, 0.6) is 5.75 Å². The van der Waals surface area contributed by atoms with Crippen LogP contribution in [-0.2, 0) is 5.41 Å². The highest BCUT2D eigenvalue weighted by molar-refractivity contribution is 5.72. The summed E-state index contributed by atoms with van der Waals surface area (Å²) in [5.41, 5.74) is 2.18. The van der Waals surface area contributed by atoms with E-state index in [2.05, 4.69) is 37.0 Å². The molecular weight excluding hydrogens is 304 g/mol. The average Bonchev–Trinajstić information content (AvgIpc) is 2.74. The molecular formula is C19H18N2O3. The lowest BCUT2D eigenvalue weighted by Gasteiger charge is -2.45. The molecule has 24 heavy (non-hydrogen) atoms. The highest BCUT2D eigenvalue weighted by Crippen LogP contribution is 2.54. The second-order valence-corrected chi connectivity index (χ2v) is 6.81. The van der Waals surface area contributed by atoms with Crippen molar-refractivity contribution in [3.8, 4) is 5.75 Å². The number of nitrogens with zero attached hydrogens (tertiary/aromatic N) is 2. The van der Waals surface area contributed by atoms with Gasteiger partial charge in [-0.2, -0.15) is 0 Å². The Morgan fingerprint density at radius 3 is 2.62 bits per heavy atom. The lowest BCUT2D eigenvalue weighted by atomic mass is 9.76. The number of non-ortho nitro benzene ring substituents is 1. The van der Waals surface area contributed by atoms with Crippen LogP contribution in [0.3, 0.4) is 0 Å². The quantitative estimate of drug-likeness (QED) is 0.585. The van der Waals surface area contributed by atoms with Gasteiger partial charge in [-0.1, -0.05) is 18.2 Å². The minimum absolute atomic E-state index is 0.0372. The first-order valence-corrected chi connectivity index (χ1v) is 7.87. The molecule has 5 heteroatoms. The van der Waals surface area contributed by atoms with Crippen molar-refractivity contribution >= 4 is 17.5 Å². The Kier molecular flexibility index (Phi) is 2.83. The van der Waals surface area contributed by atoms with Crippen LogP contribution in [0.4, 0.5) is 11.4 Å². The van der Waals surface area contributed by atoms with Gasteiger partial charge in [0.15, 0.2) is 0 Å². The average molecular weight is 322 g/mol. The summed E-state index contributed by atoms with van der Waals surface area (Å²) < 4.78 is 6.42. The van der Waals surface area contributed by atoms with Crippen molar-refractivity contribution in [1.29, 1.82) is 0 Å². The van der Waals surface area contributed by atoms with Crippen LogP contribution in [0.1, 0.15) is 25.0 Å². The van der Waals surface area contributed by atoms with E-state index in [1.54, 1.807) is 6.07 Å². The highest BCUT2D eigenvalue weighted by atomic mass is 16.6. The molecule has 2 aromatic carbocycles. The van der Waals surface area contributed by atoms with E-state index in [4.69, 9.17) is 4.74 Å². The Morgan fingerprint density at radius 2 is 1.92 bits per heavy atom. The van der Waals surface area contributed by atoms with Gasteiger partial charge in [0.2, 0.25) is 5.72 Å². The molecule has 0 saturated carbocycles. The molecule has 0 aliphatic carbocycles. The third kappa shape index (κ3) is 1.69. The van der Waals surface area contributed by atoms with Crippen LogP contribution in [0, 0.1) is 10.1 Å². The number of fused-ring (bicyclic) bond motifs is 2. The van der Waals surface area contributed by atoms with E-state index < -0.39 is 10.6 Å². The summed E-state index contributed by atoms with van der Waals surface area (Å²) in [7, 11) is 2.00. The van der Waals surface area contributed by atoms with Crippen LogP contribution in [0.15, 0.2) is 48.5 Å². The predicted octanol–water partition coefficient (Wildman–Crippen LogP) is 4.12. The lowest BCUT2D eigenvalue weighted by Crippen LogP contribution is -2.58. The lowest BCUT2D eigenvalue weighted by molar-refractivity contribution is -0.385. The fraction of sp³-hybridized carbons (Fsp3) is 0.263. The number of anilines is 1. The first-order chi connectivity index (χ1) is 11.4. The molecule has 2 aliphatic heterocycles. The van der Waals surface area contributed by atoms with E-state index in [1.807, 2.05) is 25.3 Å². The zero-order chi connectivity index (χ0) is 17.1. The Hall–Kier alpha value is -2.82. The fourth-order valence-corrected chi connectivity index (χ4v) is 3.87. The van der Waals surface area contributed by atoms with Gasteiger partial charge >= 0.3 is 0 Å². The predicted molar refractivity (Wildman–Crippen MR) is 93.4 cm³/mol. The maximum atomic E-state index is 11.1. The van der Waals surface area contributed by atoms with Crippen molar-refractivity contribution in [2.24, 2.45) is 0 Å². The molecule has 1 atom stereocenters. The summed E-state index contributed by atoms with van der Waals surface area (Å²) in [5.74, 6) is 0.541. The summed E-state index contributed by atoms with van der Waals surface area (Å²) in [6, 6.07) is 13.0. The zero-order valence-electron chi connectivity index (χ0n) is 13.8. The number of nitro groups is 1. The number of para-hydroxylation sites is 1. The van der Waals surface area contributed by atoms with E-state index in [-0.39, 0.29) is 11.1 Å². The smallest absolute Gasteiger partial charge is 0.273 e. The molecule has 122 valence electrons. The van der Waals surface area contributed by atoms with Crippen molar-refractivity contribution < 1.29 is 9.66 Å². The van der Waals surface area contributed by atoms with E-state index in [0.717, 1.165) is 11.3 Å². The summed E-state index contributed by atoms with van der Waals surface area (Å²) in [5, 5.41) is 11.1. The van der Waals surface area contributed by atoms with Crippen LogP contribution in [0.25, 0.3) is 6.08 Å². The molecule has 0 fully saturated rings. The standard InChI is InChI=1S/C19H18N2O3/c1-18(2)15-6-4-5-7-16(15)20(3)19(18)11-10-13-8-9-14(21(22)23)12-17(13)24-19/h4-12H,1-3H3/t19-/m1/s1.